The molecule has 0 aliphatic heterocycles. The van der Waals surface area contributed by atoms with Crippen molar-refractivity contribution >= 4 is 40.3 Å². The maximum absolute atomic E-state index is 10.9. The van der Waals surface area contributed by atoms with Crippen molar-refractivity contribution in [2.45, 2.75) is 5.03 Å². The molecule has 7 heteroatoms. The second-order valence-electron chi connectivity index (χ2n) is 4.88. The van der Waals surface area contributed by atoms with Crippen molar-refractivity contribution < 1.29 is 14.6 Å². The molecule has 6 nitrogen and oxygen atoms in total. The van der Waals surface area contributed by atoms with Crippen LogP contribution in [0.15, 0.2) is 53.6 Å². The highest BCUT2D eigenvalue weighted by molar-refractivity contribution is 8.00. The summed E-state index contributed by atoms with van der Waals surface area (Å²) in [6.45, 7) is 0. The molecule has 3 aromatic rings. The van der Waals surface area contributed by atoms with Crippen molar-refractivity contribution in [1.82, 2.24) is 9.97 Å². The molecule has 3 rings (SSSR count). The summed E-state index contributed by atoms with van der Waals surface area (Å²) in [6.07, 6.45) is 0. The highest BCUT2D eigenvalue weighted by atomic mass is 32.2. The molecule has 122 valence electrons. The third-order valence-corrected chi connectivity index (χ3v) is 4.23. The summed E-state index contributed by atoms with van der Waals surface area (Å²) < 4.78 is 5.31. The van der Waals surface area contributed by atoms with Crippen LogP contribution < -0.4 is 10.1 Å². The average Bonchev–Trinajstić information content (AvgIpc) is 2.60. The van der Waals surface area contributed by atoms with Crippen molar-refractivity contribution in [1.29, 1.82) is 0 Å². The fourth-order valence-electron chi connectivity index (χ4n) is 2.21. The zero-order valence-electron chi connectivity index (χ0n) is 12.9. The van der Waals surface area contributed by atoms with Gasteiger partial charge in [0.15, 0.2) is 0 Å². The molecule has 0 amide bonds. The SMILES string of the molecule is COc1ccccc1Nc1nc(SCC(=O)O)c2ccccc2n1. The van der Waals surface area contributed by atoms with Crippen LogP contribution in [0.5, 0.6) is 5.75 Å². The van der Waals surface area contributed by atoms with Crippen LogP contribution in [0.1, 0.15) is 0 Å². The Hall–Kier alpha value is -2.80. The monoisotopic (exact) mass is 341 g/mol. The number of carbonyl (C=O) groups is 1. The van der Waals surface area contributed by atoms with Gasteiger partial charge in [0, 0.05) is 5.39 Å². The molecule has 0 radical (unpaired) electrons. The van der Waals surface area contributed by atoms with E-state index in [4.69, 9.17) is 9.84 Å². The van der Waals surface area contributed by atoms with Gasteiger partial charge in [-0.2, -0.15) is 0 Å². The predicted molar refractivity (Wildman–Crippen MR) is 94.2 cm³/mol. The molecule has 0 aliphatic carbocycles. The number of para-hydroxylation sites is 3. The van der Waals surface area contributed by atoms with E-state index in [9.17, 15) is 4.79 Å². The summed E-state index contributed by atoms with van der Waals surface area (Å²) in [5.74, 6) is 0.122. The number of rotatable bonds is 6. The number of carboxylic acid groups (broad SMARTS) is 1. The fraction of sp³-hybridized carbons (Fsp3) is 0.118. The van der Waals surface area contributed by atoms with E-state index in [1.54, 1.807) is 7.11 Å². The smallest absolute Gasteiger partial charge is 0.313 e. The molecular formula is C17H15N3O3S. The van der Waals surface area contributed by atoms with Crippen LogP contribution in [0.3, 0.4) is 0 Å². The molecular weight excluding hydrogens is 326 g/mol. The standard InChI is InChI=1S/C17H15N3O3S/c1-23-14-9-5-4-8-13(14)19-17-18-12-7-3-2-6-11(12)16(20-17)24-10-15(21)22/h2-9H,10H2,1H3,(H,21,22)(H,18,19,20). The maximum Gasteiger partial charge on any atom is 0.313 e. The number of aliphatic carboxylic acids is 1. The maximum atomic E-state index is 10.9. The minimum atomic E-state index is -0.887. The molecule has 1 aromatic heterocycles. The molecule has 0 fully saturated rings. The molecule has 1 heterocycles. The van der Waals surface area contributed by atoms with Gasteiger partial charge in [-0.3, -0.25) is 4.79 Å². The van der Waals surface area contributed by atoms with Gasteiger partial charge in [0.1, 0.15) is 10.8 Å². The highest BCUT2D eigenvalue weighted by Crippen LogP contribution is 2.30. The average molecular weight is 341 g/mol. The number of fused-ring (bicyclic) bond motifs is 1. The van der Waals surface area contributed by atoms with E-state index in [2.05, 4.69) is 15.3 Å². The number of methoxy groups -OCH3 is 1. The number of nitrogens with one attached hydrogen (secondary N) is 1. The zero-order valence-corrected chi connectivity index (χ0v) is 13.7. The van der Waals surface area contributed by atoms with Gasteiger partial charge in [-0.15, -0.1) is 0 Å². The second-order valence-corrected chi connectivity index (χ2v) is 5.84. The first-order valence-corrected chi connectivity index (χ1v) is 8.17. The Morgan fingerprint density at radius 3 is 2.71 bits per heavy atom. The number of ether oxygens (including phenoxy) is 1. The molecule has 0 saturated heterocycles. The normalized spacial score (nSPS) is 10.5. The van der Waals surface area contributed by atoms with Crippen molar-refractivity contribution in [3.05, 3.63) is 48.5 Å². The molecule has 0 bridgehead atoms. The first-order valence-electron chi connectivity index (χ1n) is 7.19. The molecule has 0 aliphatic rings. The molecule has 0 saturated carbocycles. The Bertz CT molecular complexity index is 886. The van der Waals surface area contributed by atoms with E-state index in [0.29, 0.717) is 16.7 Å². The van der Waals surface area contributed by atoms with Gasteiger partial charge in [0.05, 0.1) is 24.1 Å². The lowest BCUT2D eigenvalue weighted by atomic mass is 10.2. The van der Waals surface area contributed by atoms with Crippen LogP contribution in [0.4, 0.5) is 11.6 Å². The number of hydrogen-bond acceptors (Lipinski definition) is 6. The van der Waals surface area contributed by atoms with Crippen molar-refractivity contribution in [2.75, 3.05) is 18.2 Å². The van der Waals surface area contributed by atoms with Crippen molar-refractivity contribution in [3.8, 4) is 5.75 Å². The Kier molecular flexibility index (Phi) is 4.81. The number of hydrogen-bond donors (Lipinski definition) is 2. The van der Waals surface area contributed by atoms with Crippen LogP contribution in [0.2, 0.25) is 0 Å². The van der Waals surface area contributed by atoms with Crippen LogP contribution in [-0.4, -0.2) is 33.9 Å². The molecule has 0 spiro atoms. The van der Waals surface area contributed by atoms with Crippen molar-refractivity contribution in [3.63, 3.8) is 0 Å². The Morgan fingerprint density at radius 1 is 1.17 bits per heavy atom. The summed E-state index contributed by atoms with van der Waals surface area (Å²) in [4.78, 5) is 19.8. The van der Waals surface area contributed by atoms with Gasteiger partial charge < -0.3 is 15.2 Å². The highest BCUT2D eigenvalue weighted by Gasteiger charge is 2.11. The van der Waals surface area contributed by atoms with Crippen LogP contribution >= 0.6 is 11.8 Å². The van der Waals surface area contributed by atoms with Crippen molar-refractivity contribution in [2.24, 2.45) is 0 Å². The van der Waals surface area contributed by atoms with E-state index in [0.717, 1.165) is 16.6 Å². The molecule has 2 N–H and O–H groups in total. The second kappa shape index (κ2) is 7.18. The third-order valence-electron chi connectivity index (χ3n) is 3.25. The number of anilines is 2. The Balaban J connectivity index is 2.00. The van der Waals surface area contributed by atoms with E-state index in [1.807, 2.05) is 48.5 Å². The van der Waals surface area contributed by atoms with Gasteiger partial charge in [0.2, 0.25) is 5.95 Å². The topological polar surface area (TPSA) is 84.3 Å². The zero-order chi connectivity index (χ0) is 16.9. The summed E-state index contributed by atoms with van der Waals surface area (Å²) in [7, 11) is 1.59. The number of benzene rings is 2. The van der Waals surface area contributed by atoms with Gasteiger partial charge >= 0.3 is 5.97 Å². The number of aromatic nitrogens is 2. The molecule has 0 atom stereocenters. The summed E-state index contributed by atoms with van der Waals surface area (Å²) in [5.41, 5.74) is 1.49. The van der Waals surface area contributed by atoms with Crippen LogP contribution in [0.25, 0.3) is 10.9 Å². The van der Waals surface area contributed by atoms with Crippen LogP contribution in [-0.2, 0) is 4.79 Å². The number of thioether (sulfide) groups is 1. The van der Waals surface area contributed by atoms with Gasteiger partial charge in [-0.05, 0) is 18.2 Å². The third kappa shape index (κ3) is 3.57. The Morgan fingerprint density at radius 2 is 1.92 bits per heavy atom. The van der Waals surface area contributed by atoms with Gasteiger partial charge in [-0.25, -0.2) is 9.97 Å². The van der Waals surface area contributed by atoms with Crippen LogP contribution in [0, 0.1) is 0 Å². The number of nitrogens with zero attached hydrogens (tertiary/aromatic N) is 2. The predicted octanol–water partition coefficient (Wildman–Crippen LogP) is 3.56. The number of carboxylic acids is 1. The van der Waals surface area contributed by atoms with Gasteiger partial charge in [0.25, 0.3) is 0 Å². The summed E-state index contributed by atoms with van der Waals surface area (Å²) >= 11 is 1.17. The summed E-state index contributed by atoms with van der Waals surface area (Å²) in [6, 6.07) is 15.0. The first kappa shape index (κ1) is 16.1. The van der Waals surface area contributed by atoms with Gasteiger partial charge in [-0.1, -0.05) is 42.1 Å². The molecule has 0 unspecified atom stereocenters. The minimum Gasteiger partial charge on any atom is -0.495 e. The van der Waals surface area contributed by atoms with E-state index in [-0.39, 0.29) is 5.75 Å². The summed E-state index contributed by atoms with van der Waals surface area (Å²) in [5, 5.41) is 13.5. The lowest BCUT2D eigenvalue weighted by Crippen LogP contribution is -2.03. The lowest BCUT2D eigenvalue weighted by molar-refractivity contribution is -0.133. The minimum absolute atomic E-state index is 0.0604. The van der Waals surface area contributed by atoms with E-state index in [1.165, 1.54) is 11.8 Å². The lowest BCUT2D eigenvalue weighted by Gasteiger charge is -2.11. The quantitative estimate of drug-likeness (QED) is 0.524. The Labute approximate surface area is 142 Å². The fourth-order valence-corrected chi connectivity index (χ4v) is 2.95. The largest absolute Gasteiger partial charge is 0.495 e. The molecule has 24 heavy (non-hydrogen) atoms. The molecule has 2 aromatic carbocycles. The first-order chi connectivity index (χ1) is 11.7. The van der Waals surface area contributed by atoms with E-state index >= 15 is 0 Å². The van der Waals surface area contributed by atoms with E-state index < -0.39 is 5.97 Å².